The molecule has 0 unspecified atom stereocenters. The molecular weight excluding hydrogens is 220 g/mol. The van der Waals surface area contributed by atoms with Crippen molar-refractivity contribution in [1.82, 2.24) is 10.3 Å². The second-order valence-electron chi connectivity index (χ2n) is 4.26. The molecule has 17 heavy (non-hydrogen) atoms. The lowest BCUT2D eigenvalue weighted by atomic mass is 10.1. The van der Waals surface area contributed by atoms with Crippen molar-refractivity contribution in [3.05, 3.63) is 0 Å². The van der Waals surface area contributed by atoms with Gasteiger partial charge in [0.15, 0.2) is 0 Å². The summed E-state index contributed by atoms with van der Waals surface area (Å²) in [5, 5.41) is 16.2. The van der Waals surface area contributed by atoms with Crippen molar-refractivity contribution in [3.8, 4) is 6.07 Å². The quantitative estimate of drug-likeness (QED) is 0.710. The lowest BCUT2D eigenvalue weighted by Crippen LogP contribution is -2.40. The third kappa shape index (κ3) is 3.87. The van der Waals surface area contributed by atoms with E-state index in [1.165, 1.54) is 5.01 Å². The predicted octanol–water partition coefficient (Wildman–Crippen LogP) is 0.261. The average molecular weight is 236 g/mol. The zero-order chi connectivity index (χ0) is 12.8. The number of hydrazone groups is 1. The van der Waals surface area contributed by atoms with Crippen molar-refractivity contribution in [2.24, 2.45) is 11.0 Å². The van der Waals surface area contributed by atoms with E-state index in [1.807, 2.05) is 19.9 Å². The number of carbonyl (C=O) groups excluding carboxylic acids is 2. The fraction of sp³-hybridized carbons (Fsp3) is 0.636. The van der Waals surface area contributed by atoms with Crippen molar-refractivity contribution in [2.45, 2.75) is 26.7 Å². The summed E-state index contributed by atoms with van der Waals surface area (Å²) >= 11 is 0. The molecule has 0 aromatic heterocycles. The summed E-state index contributed by atoms with van der Waals surface area (Å²) < 4.78 is 0. The van der Waals surface area contributed by atoms with Crippen LogP contribution in [0.3, 0.4) is 0 Å². The molecule has 1 rings (SSSR count). The average Bonchev–Trinajstić information content (AvgIpc) is 2.28. The van der Waals surface area contributed by atoms with Crippen molar-refractivity contribution in [3.63, 3.8) is 0 Å². The van der Waals surface area contributed by atoms with Gasteiger partial charge in [-0.2, -0.15) is 10.4 Å². The minimum atomic E-state index is -0.368. The maximum atomic E-state index is 11.6. The number of rotatable bonds is 4. The summed E-state index contributed by atoms with van der Waals surface area (Å²) in [4.78, 5) is 23.1. The van der Waals surface area contributed by atoms with Gasteiger partial charge in [-0.3, -0.25) is 9.59 Å². The molecule has 0 radical (unpaired) electrons. The fourth-order valence-corrected chi connectivity index (χ4v) is 1.48. The van der Waals surface area contributed by atoms with Crippen LogP contribution in [0.4, 0.5) is 0 Å². The Kier molecular flexibility index (Phi) is 4.64. The maximum absolute atomic E-state index is 11.6. The SMILES string of the molecule is CC(C)CN1N=C(C(=O)NCC#N)CCC1=O. The van der Waals surface area contributed by atoms with Crippen LogP contribution in [-0.2, 0) is 9.59 Å². The Labute approximate surface area is 100 Å². The number of hydrogen-bond acceptors (Lipinski definition) is 4. The molecule has 0 fully saturated rings. The maximum Gasteiger partial charge on any atom is 0.268 e. The summed E-state index contributed by atoms with van der Waals surface area (Å²) in [6.45, 7) is 4.42. The van der Waals surface area contributed by atoms with Crippen LogP contribution in [0, 0.1) is 17.2 Å². The van der Waals surface area contributed by atoms with Crippen molar-refractivity contribution < 1.29 is 9.59 Å². The number of amides is 2. The Morgan fingerprint density at radius 3 is 2.88 bits per heavy atom. The molecule has 0 atom stereocenters. The highest BCUT2D eigenvalue weighted by atomic mass is 16.2. The molecule has 6 heteroatoms. The Bertz CT molecular complexity index is 381. The van der Waals surface area contributed by atoms with Crippen LogP contribution in [0.25, 0.3) is 0 Å². The summed E-state index contributed by atoms with van der Waals surface area (Å²) in [7, 11) is 0. The van der Waals surface area contributed by atoms with Gasteiger partial charge in [-0.1, -0.05) is 13.8 Å². The zero-order valence-electron chi connectivity index (χ0n) is 10.1. The Balaban J connectivity index is 2.70. The zero-order valence-corrected chi connectivity index (χ0v) is 10.1. The third-order valence-electron chi connectivity index (χ3n) is 2.23. The highest BCUT2D eigenvalue weighted by Crippen LogP contribution is 2.11. The van der Waals surface area contributed by atoms with Crippen LogP contribution >= 0.6 is 0 Å². The second-order valence-corrected chi connectivity index (χ2v) is 4.26. The number of nitrogens with zero attached hydrogens (tertiary/aromatic N) is 3. The van der Waals surface area contributed by atoms with Gasteiger partial charge in [0, 0.05) is 19.4 Å². The topological polar surface area (TPSA) is 85.6 Å². The van der Waals surface area contributed by atoms with E-state index < -0.39 is 0 Å². The van der Waals surface area contributed by atoms with Gasteiger partial charge in [0.25, 0.3) is 5.91 Å². The van der Waals surface area contributed by atoms with Crippen LogP contribution < -0.4 is 5.32 Å². The minimum Gasteiger partial charge on any atom is -0.338 e. The molecule has 0 saturated heterocycles. The van der Waals surface area contributed by atoms with E-state index in [1.54, 1.807) is 0 Å². The molecule has 0 aliphatic carbocycles. The highest BCUT2D eigenvalue weighted by molar-refractivity contribution is 6.39. The molecular formula is C11H16N4O2. The smallest absolute Gasteiger partial charge is 0.268 e. The summed E-state index contributed by atoms with van der Waals surface area (Å²) in [5.41, 5.74) is 0.320. The van der Waals surface area contributed by atoms with E-state index >= 15 is 0 Å². The summed E-state index contributed by atoms with van der Waals surface area (Å²) in [6, 6.07) is 1.82. The van der Waals surface area contributed by atoms with Crippen LogP contribution in [0.15, 0.2) is 5.10 Å². The lowest BCUT2D eigenvalue weighted by Gasteiger charge is -2.24. The van der Waals surface area contributed by atoms with Crippen LogP contribution in [0.5, 0.6) is 0 Å². The molecule has 6 nitrogen and oxygen atoms in total. The normalized spacial score (nSPS) is 15.5. The van der Waals surface area contributed by atoms with Crippen LogP contribution in [-0.4, -0.2) is 35.6 Å². The van der Waals surface area contributed by atoms with Crippen LogP contribution in [0.2, 0.25) is 0 Å². The largest absolute Gasteiger partial charge is 0.338 e. The standard InChI is InChI=1S/C11H16N4O2/c1-8(2)7-15-10(16)4-3-9(14-15)11(17)13-6-5-12/h8H,3-4,6-7H2,1-2H3,(H,13,17). The monoisotopic (exact) mass is 236 g/mol. The van der Waals surface area contributed by atoms with Crippen LogP contribution in [0.1, 0.15) is 26.7 Å². The Hall–Kier alpha value is -1.90. The minimum absolute atomic E-state index is 0.0457. The number of hydrogen-bond donors (Lipinski definition) is 1. The fourth-order valence-electron chi connectivity index (χ4n) is 1.48. The first-order chi connectivity index (χ1) is 8.04. The molecule has 0 bridgehead atoms. The van der Waals surface area contributed by atoms with Gasteiger partial charge >= 0.3 is 0 Å². The van der Waals surface area contributed by atoms with Crippen molar-refractivity contribution in [1.29, 1.82) is 5.26 Å². The first-order valence-electron chi connectivity index (χ1n) is 5.57. The Morgan fingerprint density at radius 1 is 1.59 bits per heavy atom. The number of nitriles is 1. The summed E-state index contributed by atoms with van der Waals surface area (Å²) in [5.74, 6) is -0.132. The van der Waals surface area contributed by atoms with E-state index in [0.717, 1.165) is 0 Å². The van der Waals surface area contributed by atoms with Gasteiger partial charge < -0.3 is 5.32 Å². The molecule has 0 aromatic carbocycles. The molecule has 1 N–H and O–H groups in total. The Morgan fingerprint density at radius 2 is 2.29 bits per heavy atom. The molecule has 2 amide bonds. The highest BCUT2D eigenvalue weighted by Gasteiger charge is 2.24. The molecule has 0 spiro atoms. The molecule has 1 aliphatic rings. The van der Waals surface area contributed by atoms with E-state index in [4.69, 9.17) is 5.26 Å². The van der Waals surface area contributed by atoms with Gasteiger partial charge in [0.05, 0.1) is 6.07 Å². The summed E-state index contributed by atoms with van der Waals surface area (Å²) in [6.07, 6.45) is 0.635. The first kappa shape index (κ1) is 13.2. The van der Waals surface area contributed by atoms with E-state index in [2.05, 4.69) is 10.4 Å². The molecule has 1 aliphatic heterocycles. The molecule has 1 heterocycles. The van der Waals surface area contributed by atoms with Gasteiger partial charge in [-0.05, 0) is 5.92 Å². The second kappa shape index (κ2) is 5.99. The first-order valence-corrected chi connectivity index (χ1v) is 5.57. The predicted molar refractivity (Wildman–Crippen MR) is 61.8 cm³/mol. The van der Waals surface area contributed by atoms with Gasteiger partial charge in [0.2, 0.25) is 5.91 Å². The van der Waals surface area contributed by atoms with Crippen molar-refractivity contribution in [2.75, 3.05) is 13.1 Å². The molecule has 92 valence electrons. The molecule has 0 aromatic rings. The third-order valence-corrected chi connectivity index (χ3v) is 2.23. The number of carbonyl (C=O) groups is 2. The van der Waals surface area contributed by atoms with Crippen molar-refractivity contribution >= 4 is 17.5 Å². The van der Waals surface area contributed by atoms with Gasteiger partial charge in [0.1, 0.15) is 12.3 Å². The lowest BCUT2D eigenvalue weighted by molar-refractivity contribution is -0.132. The van der Waals surface area contributed by atoms with E-state index in [-0.39, 0.29) is 18.4 Å². The van der Waals surface area contributed by atoms with Gasteiger partial charge in [-0.15, -0.1) is 0 Å². The van der Waals surface area contributed by atoms with E-state index in [0.29, 0.717) is 31.0 Å². The van der Waals surface area contributed by atoms with Gasteiger partial charge in [-0.25, -0.2) is 5.01 Å². The molecule has 0 saturated carbocycles. The van der Waals surface area contributed by atoms with E-state index in [9.17, 15) is 9.59 Å². The number of nitrogens with one attached hydrogen (secondary N) is 1.